The van der Waals surface area contributed by atoms with Crippen molar-refractivity contribution in [1.29, 1.82) is 0 Å². The van der Waals surface area contributed by atoms with Crippen LogP contribution in [-0.4, -0.2) is 36.8 Å². The monoisotopic (exact) mass is 281 g/mol. The van der Waals surface area contributed by atoms with Crippen molar-refractivity contribution >= 4 is 19.7 Å². The van der Waals surface area contributed by atoms with Gasteiger partial charge in [-0.25, -0.2) is 4.68 Å². The first-order chi connectivity index (χ1) is 8.96. The van der Waals surface area contributed by atoms with E-state index in [9.17, 15) is 4.79 Å². The molecule has 1 aliphatic heterocycles. The SMILES string of the molecule is C[Si](C)(C)CCOCn1cc2c(n1)NCCCC2=O. The Morgan fingerprint density at radius 1 is 1.47 bits per heavy atom. The summed E-state index contributed by atoms with van der Waals surface area (Å²) in [6.45, 7) is 8.99. The summed E-state index contributed by atoms with van der Waals surface area (Å²) in [5, 5.41) is 7.56. The first-order valence-corrected chi connectivity index (χ1v) is 10.6. The number of hydrogen-bond donors (Lipinski definition) is 1. The second-order valence-corrected chi connectivity index (χ2v) is 11.9. The van der Waals surface area contributed by atoms with Gasteiger partial charge in [0.15, 0.2) is 11.6 Å². The van der Waals surface area contributed by atoms with Crippen LogP contribution < -0.4 is 5.32 Å². The Morgan fingerprint density at radius 3 is 3.00 bits per heavy atom. The molecule has 0 radical (unpaired) electrons. The number of aromatic nitrogens is 2. The van der Waals surface area contributed by atoms with E-state index in [2.05, 4.69) is 30.1 Å². The first kappa shape index (κ1) is 14.3. The van der Waals surface area contributed by atoms with Crippen molar-refractivity contribution in [2.24, 2.45) is 0 Å². The molecule has 19 heavy (non-hydrogen) atoms. The van der Waals surface area contributed by atoms with Crippen LogP contribution in [0.15, 0.2) is 6.20 Å². The third kappa shape index (κ3) is 4.17. The zero-order chi connectivity index (χ0) is 13.9. The molecule has 0 unspecified atom stereocenters. The zero-order valence-corrected chi connectivity index (χ0v) is 13.0. The number of carbonyl (C=O) groups is 1. The number of ether oxygens (including phenoxy) is 1. The van der Waals surface area contributed by atoms with Crippen LogP contribution in [0.5, 0.6) is 0 Å². The molecule has 1 aliphatic rings. The molecular formula is C13H23N3O2Si. The van der Waals surface area contributed by atoms with Gasteiger partial charge in [-0.2, -0.15) is 5.10 Å². The van der Waals surface area contributed by atoms with Gasteiger partial charge in [-0.3, -0.25) is 4.79 Å². The first-order valence-electron chi connectivity index (χ1n) is 6.88. The minimum absolute atomic E-state index is 0.174. The molecule has 6 heteroatoms. The minimum Gasteiger partial charge on any atom is -0.368 e. The highest BCUT2D eigenvalue weighted by atomic mass is 28.3. The summed E-state index contributed by atoms with van der Waals surface area (Å²) < 4.78 is 7.35. The number of nitrogens with zero attached hydrogens (tertiary/aromatic N) is 2. The largest absolute Gasteiger partial charge is 0.368 e. The topological polar surface area (TPSA) is 56.1 Å². The third-order valence-corrected chi connectivity index (χ3v) is 4.86. The quantitative estimate of drug-likeness (QED) is 0.666. The smallest absolute Gasteiger partial charge is 0.168 e. The van der Waals surface area contributed by atoms with Gasteiger partial charge in [0.05, 0.1) is 5.56 Å². The Balaban J connectivity index is 1.89. The number of ketones is 1. The summed E-state index contributed by atoms with van der Waals surface area (Å²) in [7, 11) is -1.04. The molecule has 1 aromatic heterocycles. The van der Waals surface area contributed by atoms with Crippen molar-refractivity contribution in [3.63, 3.8) is 0 Å². The lowest BCUT2D eigenvalue weighted by Crippen LogP contribution is -2.22. The van der Waals surface area contributed by atoms with Gasteiger partial charge in [0, 0.05) is 33.8 Å². The van der Waals surface area contributed by atoms with Crippen molar-refractivity contribution < 1.29 is 9.53 Å². The molecule has 0 spiro atoms. The van der Waals surface area contributed by atoms with Crippen molar-refractivity contribution in [1.82, 2.24) is 9.78 Å². The average molecular weight is 281 g/mol. The molecule has 0 saturated carbocycles. The van der Waals surface area contributed by atoms with Crippen molar-refractivity contribution in [3.8, 4) is 0 Å². The van der Waals surface area contributed by atoms with Crippen LogP contribution in [0.1, 0.15) is 23.2 Å². The van der Waals surface area contributed by atoms with Gasteiger partial charge in [-0.1, -0.05) is 19.6 Å². The Labute approximate surface area is 115 Å². The summed E-state index contributed by atoms with van der Waals surface area (Å²) in [5.74, 6) is 0.879. The summed E-state index contributed by atoms with van der Waals surface area (Å²) in [5.41, 5.74) is 0.700. The minimum atomic E-state index is -1.04. The molecule has 2 heterocycles. The van der Waals surface area contributed by atoms with Crippen LogP contribution >= 0.6 is 0 Å². The predicted octanol–water partition coefficient (Wildman–Crippen LogP) is 2.58. The third-order valence-electron chi connectivity index (χ3n) is 3.16. The van der Waals surface area contributed by atoms with Gasteiger partial charge in [0.2, 0.25) is 0 Å². The summed E-state index contributed by atoms with van der Waals surface area (Å²) in [6.07, 6.45) is 3.27. The lowest BCUT2D eigenvalue weighted by atomic mass is 10.1. The number of hydrogen-bond acceptors (Lipinski definition) is 4. The number of rotatable bonds is 5. The van der Waals surface area contributed by atoms with E-state index in [0.717, 1.165) is 25.6 Å². The Morgan fingerprint density at radius 2 is 2.26 bits per heavy atom. The maximum Gasteiger partial charge on any atom is 0.168 e. The van der Waals surface area contributed by atoms with E-state index in [0.29, 0.717) is 24.5 Å². The fourth-order valence-electron chi connectivity index (χ4n) is 1.95. The molecule has 2 rings (SSSR count). The van der Waals surface area contributed by atoms with E-state index >= 15 is 0 Å². The van der Waals surface area contributed by atoms with Crippen molar-refractivity contribution in [3.05, 3.63) is 11.8 Å². The standard InChI is InChI=1S/C13H23N3O2Si/c1-19(2,3)8-7-18-10-16-9-11-12(17)5-4-6-14-13(11)15-16/h9H,4-8,10H2,1-3H3,(H,14,15). The predicted molar refractivity (Wildman–Crippen MR) is 78.4 cm³/mol. The lowest BCUT2D eigenvalue weighted by Gasteiger charge is -2.15. The lowest BCUT2D eigenvalue weighted by molar-refractivity contribution is 0.0786. The van der Waals surface area contributed by atoms with Crippen LogP contribution in [-0.2, 0) is 11.5 Å². The molecule has 1 N–H and O–H groups in total. The second kappa shape index (κ2) is 5.88. The number of nitrogens with one attached hydrogen (secondary N) is 1. The number of carbonyl (C=O) groups excluding carboxylic acids is 1. The van der Waals surface area contributed by atoms with Crippen LogP contribution in [0.2, 0.25) is 25.7 Å². The number of fused-ring (bicyclic) bond motifs is 1. The molecule has 106 valence electrons. The maximum absolute atomic E-state index is 11.9. The van der Waals surface area contributed by atoms with Gasteiger partial charge in [-0.05, 0) is 12.5 Å². The number of anilines is 1. The highest BCUT2D eigenvalue weighted by Crippen LogP contribution is 2.19. The number of Topliss-reactive ketones (excluding diaryl/α,β-unsaturated/α-hetero) is 1. The van der Waals surface area contributed by atoms with E-state index in [-0.39, 0.29) is 5.78 Å². The van der Waals surface area contributed by atoms with Crippen molar-refractivity contribution in [2.45, 2.75) is 45.3 Å². The molecule has 0 aromatic carbocycles. The van der Waals surface area contributed by atoms with Crippen LogP contribution in [0, 0.1) is 0 Å². The molecule has 5 nitrogen and oxygen atoms in total. The average Bonchev–Trinajstić information content (AvgIpc) is 2.65. The van der Waals surface area contributed by atoms with Crippen LogP contribution in [0.25, 0.3) is 0 Å². The Bertz CT molecular complexity index is 451. The molecule has 1 aromatic rings. The molecular weight excluding hydrogens is 258 g/mol. The summed E-state index contributed by atoms with van der Waals surface area (Å²) in [4.78, 5) is 11.9. The van der Waals surface area contributed by atoms with Gasteiger partial charge in [0.25, 0.3) is 0 Å². The molecule has 0 aliphatic carbocycles. The van der Waals surface area contributed by atoms with Gasteiger partial charge < -0.3 is 10.1 Å². The van der Waals surface area contributed by atoms with E-state index < -0.39 is 8.07 Å². The molecule has 0 amide bonds. The highest BCUT2D eigenvalue weighted by Gasteiger charge is 2.19. The Hall–Kier alpha value is -1.14. The van der Waals surface area contributed by atoms with Crippen LogP contribution in [0.4, 0.5) is 5.82 Å². The Kier molecular flexibility index (Phi) is 4.41. The summed E-state index contributed by atoms with van der Waals surface area (Å²) >= 11 is 0. The fourth-order valence-corrected chi connectivity index (χ4v) is 2.71. The van der Waals surface area contributed by atoms with Gasteiger partial charge in [0.1, 0.15) is 6.73 Å². The van der Waals surface area contributed by atoms with Crippen molar-refractivity contribution in [2.75, 3.05) is 18.5 Å². The normalized spacial score (nSPS) is 15.8. The van der Waals surface area contributed by atoms with E-state index in [1.54, 1.807) is 10.9 Å². The molecule has 0 saturated heterocycles. The highest BCUT2D eigenvalue weighted by molar-refractivity contribution is 6.76. The van der Waals surface area contributed by atoms with Gasteiger partial charge >= 0.3 is 0 Å². The molecule has 0 atom stereocenters. The van der Waals surface area contributed by atoms with Crippen LogP contribution in [0.3, 0.4) is 0 Å². The van der Waals surface area contributed by atoms with Gasteiger partial charge in [-0.15, -0.1) is 0 Å². The zero-order valence-electron chi connectivity index (χ0n) is 12.0. The van der Waals surface area contributed by atoms with E-state index in [1.165, 1.54) is 0 Å². The maximum atomic E-state index is 11.9. The van der Waals surface area contributed by atoms with E-state index in [1.807, 2.05) is 0 Å². The summed E-state index contributed by atoms with van der Waals surface area (Å²) in [6, 6.07) is 1.14. The van der Waals surface area contributed by atoms with E-state index in [4.69, 9.17) is 4.74 Å². The second-order valence-electron chi connectivity index (χ2n) is 6.23. The fraction of sp³-hybridized carbons (Fsp3) is 0.692. The molecule has 0 fully saturated rings. The molecule has 0 bridgehead atoms.